The van der Waals surface area contributed by atoms with Gasteiger partial charge in [-0.2, -0.15) is 0 Å². The second kappa shape index (κ2) is 4.47. The molecular weight excluding hydrogens is 198 g/mol. The molecule has 0 radical (unpaired) electrons. The molecule has 0 unspecified atom stereocenters. The molecule has 0 spiro atoms. The van der Waals surface area contributed by atoms with Crippen molar-refractivity contribution in [1.29, 1.82) is 0 Å². The molecule has 0 N–H and O–H groups in total. The minimum absolute atomic E-state index is 0.177. The van der Waals surface area contributed by atoms with Gasteiger partial charge < -0.3 is 0 Å². The summed E-state index contributed by atoms with van der Waals surface area (Å²) in [4.78, 5) is 11.0. The standard InChI is InChI=1S/C11H14ClNO/c1-8(2)10-4-6-11(7-5-10)13(12)9(3)14/h4-8H,1-3H3. The Hall–Kier alpha value is -1.02. The van der Waals surface area contributed by atoms with Gasteiger partial charge in [-0.25, -0.2) is 4.42 Å². The van der Waals surface area contributed by atoms with Crippen LogP contribution in [0.5, 0.6) is 0 Å². The van der Waals surface area contributed by atoms with Crippen molar-refractivity contribution in [3.05, 3.63) is 29.8 Å². The van der Waals surface area contributed by atoms with Crippen LogP contribution >= 0.6 is 11.8 Å². The first-order valence-corrected chi connectivity index (χ1v) is 4.92. The molecule has 3 heteroatoms. The van der Waals surface area contributed by atoms with Crippen molar-refractivity contribution < 1.29 is 4.79 Å². The molecule has 0 aliphatic heterocycles. The van der Waals surface area contributed by atoms with Gasteiger partial charge in [0.15, 0.2) is 0 Å². The number of carbonyl (C=O) groups excluding carboxylic acids is 1. The minimum atomic E-state index is -0.177. The van der Waals surface area contributed by atoms with Crippen molar-refractivity contribution in [1.82, 2.24) is 0 Å². The van der Waals surface area contributed by atoms with Crippen molar-refractivity contribution in [2.45, 2.75) is 26.7 Å². The summed E-state index contributed by atoms with van der Waals surface area (Å²) in [6.07, 6.45) is 0. The molecule has 1 amide bonds. The molecule has 0 saturated carbocycles. The molecular formula is C11H14ClNO. The lowest BCUT2D eigenvalue weighted by atomic mass is 10.0. The first kappa shape index (κ1) is 11.1. The Bertz CT molecular complexity index is 319. The third-order valence-corrected chi connectivity index (χ3v) is 2.50. The highest BCUT2D eigenvalue weighted by atomic mass is 35.5. The van der Waals surface area contributed by atoms with Crippen LogP contribution in [0.1, 0.15) is 32.3 Å². The Morgan fingerprint density at radius 2 is 1.79 bits per heavy atom. The zero-order valence-electron chi connectivity index (χ0n) is 8.62. The number of nitrogens with zero attached hydrogens (tertiary/aromatic N) is 1. The topological polar surface area (TPSA) is 20.3 Å². The van der Waals surface area contributed by atoms with Gasteiger partial charge in [-0.1, -0.05) is 26.0 Å². The average molecular weight is 212 g/mol. The van der Waals surface area contributed by atoms with Crippen molar-refractivity contribution >= 4 is 23.4 Å². The Labute approximate surface area is 89.6 Å². The number of hydrogen-bond acceptors (Lipinski definition) is 1. The molecule has 1 aromatic rings. The first-order valence-electron chi connectivity index (χ1n) is 4.59. The van der Waals surface area contributed by atoms with Crippen molar-refractivity contribution in [2.24, 2.45) is 0 Å². The monoisotopic (exact) mass is 211 g/mol. The molecule has 0 bridgehead atoms. The van der Waals surface area contributed by atoms with E-state index in [1.807, 2.05) is 24.3 Å². The highest BCUT2D eigenvalue weighted by Crippen LogP contribution is 2.21. The van der Waals surface area contributed by atoms with Crippen LogP contribution in [0.3, 0.4) is 0 Å². The average Bonchev–Trinajstić information content (AvgIpc) is 2.16. The van der Waals surface area contributed by atoms with E-state index in [-0.39, 0.29) is 5.91 Å². The zero-order chi connectivity index (χ0) is 10.7. The third kappa shape index (κ3) is 2.48. The van der Waals surface area contributed by atoms with Crippen molar-refractivity contribution in [3.63, 3.8) is 0 Å². The molecule has 0 atom stereocenters. The third-order valence-electron chi connectivity index (χ3n) is 2.06. The number of rotatable bonds is 2. The molecule has 2 nitrogen and oxygen atoms in total. The predicted octanol–water partition coefficient (Wildman–Crippen LogP) is 3.32. The second-order valence-corrected chi connectivity index (χ2v) is 3.88. The highest BCUT2D eigenvalue weighted by molar-refractivity contribution is 6.36. The summed E-state index contributed by atoms with van der Waals surface area (Å²) < 4.78 is 1.12. The van der Waals surface area contributed by atoms with E-state index in [0.717, 1.165) is 4.42 Å². The van der Waals surface area contributed by atoms with E-state index >= 15 is 0 Å². The van der Waals surface area contributed by atoms with Crippen LogP contribution in [0.4, 0.5) is 5.69 Å². The fourth-order valence-corrected chi connectivity index (χ4v) is 1.28. The molecule has 1 rings (SSSR count). The Morgan fingerprint density at radius 3 is 2.14 bits per heavy atom. The fourth-order valence-electron chi connectivity index (χ4n) is 1.17. The largest absolute Gasteiger partial charge is 0.274 e. The summed E-state index contributed by atoms with van der Waals surface area (Å²) in [5, 5.41) is 0. The van der Waals surface area contributed by atoms with E-state index in [4.69, 9.17) is 11.8 Å². The molecule has 0 heterocycles. The van der Waals surface area contributed by atoms with E-state index < -0.39 is 0 Å². The number of halogens is 1. The predicted molar refractivity (Wildman–Crippen MR) is 59.5 cm³/mol. The fraction of sp³-hybridized carbons (Fsp3) is 0.364. The number of hydrogen-bond donors (Lipinski definition) is 0. The highest BCUT2D eigenvalue weighted by Gasteiger charge is 2.07. The van der Waals surface area contributed by atoms with Crippen LogP contribution < -0.4 is 4.42 Å². The molecule has 14 heavy (non-hydrogen) atoms. The SMILES string of the molecule is CC(=O)N(Cl)c1ccc(C(C)C)cc1. The maximum Gasteiger partial charge on any atom is 0.238 e. The van der Waals surface area contributed by atoms with Gasteiger partial charge in [0.1, 0.15) is 0 Å². The van der Waals surface area contributed by atoms with Crippen LogP contribution in [-0.2, 0) is 4.79 Å². The molecule has 76 valence electrons. The summed E-state index contributed by atoms with van der Waals surface area (Å²) >= 11 is 5.76. The van der Waals surface area contributed by atoms with Crippen LogP contribution in [0.25, 0.3) is 0 Å². The first-order chi connectivity index (χ1) is 6.52. The summed E-state index contributed by atoms with van der Waals surface area (Å²) in [5.41, 5.74) is 1.95. The Morgan fingerprint density at radius 1 is 1.29 bits per heavy atom. The Kier molecular flexibility index (Phi) is 3.53. The lowest BCUT2D eigenvalue weighted by molar-refractivity contribution is -0.115. The van der Waals surface area contributed by atoms with E-state index in [2.05, 4.69) is 13.8 Å². The van der Waals surface area contributed by atoms with Crippen LogP contribution in [0.2, 0.25) is 0 Å². The van der Waals surface area contributed by atoms with Crippen LogP contribution in [-0.4, -0.2) is 5.91 Å². The molecule has 0 aliphatic rings. The van der Waals surface area contributed by atoms with Gasteiger partial charge in [0.25, 0.3) is 0 Å². The summed E-state index contributed by atoms with van der Waals surface area (Å²) in [5.74, 6) is 0.314. The minimum Gasteiger partial charge on any atom is -0.274 e. The maximum atomic E-state index is 11.0. The van der Waals surface area contributed by atoms with Gasteiger partial charge in [-0.15, -0.1) is 0 Å². The zero-order valence-corrected chi connectivity index (χ0v) is 9.38. The Balaban J connectivity index is 2.88. The van der Waals surface area contributed by atoms with Crippen LogP contribution in [0.15, 0.2) is 24.3 Å². The quantitative estimate of drug-likeness (QED) is 0.688. The molecule has 1 aromatic carbocycles. The van der Waals surface area contributed by atoms with E-state index in [0.29, 0.717) is 11.6 Å². The van der Waals surface area contributed by atoms with E-state index in [9.17, 15) is 4.79 Å². The number of anilines is 1. The van der Waals surface area contributed by atoms with Crippen molar-refractivity contribution in [3.8, 4) is 0 Å². The number of amides is 1. The van der Waals surface area contributed by atoms with Gasteiger partial charge >= 0.3 is 0 Å². The van der Waals surface area contributed by atoms with Crippen molar-refractivity contribution in [2.75, 3.05) is 4.42 Å². The lowest BCUT2D eigenvalue weighted by Gasteiger charge is -2.12. The van der Waals surface area contributed by atoms with Gasteiger partial charge in [-0.05, 0) is 23.6 Å². The van der Waals surface area contributed by atoms with E-state index in [1.165, 1.54) is 12.5 Å². The summed E-state index contributed by atoms with van der Waals surface area (Å²) in [6.45, 7) is 5.68. The van der Waals surface area contributed by atoms with Gasteiger partial charge in [0.2, 0.25) is 5.91 Å². The number of benzene rings is 1. The molecule has 0 fully saturated rings. The molecule has 0 saturated heterocycles. The second-order valence-electron chi connectivity index (χ2n) is 3.55. The van der Waals surface area contributed by atoms with Gasteiger partial charge in [-0.3, -0.25) is 4.79 Å². The summed E-state index contributed by atoms with van der Waals surface area (Å²) in [6, 6.07) is 7.67. The number of carbonyl (C=O) groups is 1. The summed E-state index contributed by atoms with van der Waals surface area (Å²) in [7, 11) is 0. The van der Waals surface area contributed by atoms with Gasteiger partial charge in [0.05, 0.1) is 5.69 Å². The molecule has 0 aliphatic carbocycles. The normalized spacial score (nSPS) is 10.4. The lowest BCUT2D eigenvalue weighted by Crippen LogP contribution is -2.16. The van der Waals surface area contributed by atoms with Crippen LogP contribution in [0, 0.1) is 0 Å². The smallest absolute Gasteiger partial charge is 0.238 e. The molecule has 0 aromatic heterocycles. The maximum absolute atomic E-state index is 11.0. The van der Waals surface area contributed by atoms with E-state index in [1.54, 1.807) is 0 Å². The van der Waals surface area contributed by atoms with Gasteiger partial charge in [0, 0.05) is 18.7 Å².